The summed E-state index contributed by atoms with van der Waals surface area (Å²) in [5, 5.41) is 5.58. The summed E-state index contributed by atoms with van der Waals surface area (Å²) >= 11 is 0. The standard InChI is InChI=1S/C23H36N4O2/c28-23-24-13-11-19-9-10-21(25-22(19)26-23)29-16-6-5-14-27-15-12-18-7-3-1-2-4-8-20(18)17-27/h9-10,18,20H,1-8,11-17H2,(H2,24,25,26,28). The van der Waals surface area contributed by atoms with E-state index in [9.17, 15) is 4.79 Å². The second-order valence-electron chi connectivity index (χ2n) is 8.94. The van der Waals surface area contributed by atoms with Crippen LogP contribution in [0.15, 0.2) is 12.1 Å². The molecule has 1 saturated heterocycles. The van der Waals surface area contributed by atoms with Gasteiger partial charge in [0, 0.05) is 19.2 Å². The van der Waals surface area contributed by atoms with Crippen molar-refractivity contribution < 1.29 is 9.53 Å². The average molecular weight is 401 g/mol. The third kappa shape index (κ3) is 5.84. The van der Waals surface area contributed by atoms with Gasteiger partial charge < -0.3 is 15.0 Å². The first-order chi connectivity index (χ1) is 14.3. The summed E-state index contributed by atoms with van der Waals surface area (Å²) in [5.41, 5.74) is 1.05. The van der Waals surface area contributed by atoms with Crippen molar-refractivity contribution in [3.63, 3.8) is 0 Å². The highest BCUT2D eigenvalue weighted by Crippen LogP contribution is 2.34. The highest BCUT2D eigenvalue weighted by molar-refractivity contribution is 5.89. The molecule has 4 rings (SSSR count). The minimum atomic E-state index is -0.193. The molecule has 0 spiro atoms. The van der Waals surface area contributed by atoms with Crippen LogP contribution in [0.3, 0.4) is 0 Å². The van der Waals surface area contributed by atoms with Crippen LogP contribution >= 0.6 is 0 Å². The van der Waals surface area contributed by atoms with E-state index in [0.29, 0.717) is 24.8 Å². The normalized spacial score (nSPS) is 25.4. The Kier molecular flexibility index (Phi) is 7.25. The van der Waals surface area contributed by atoms with Gasteiger partial charge in [-0.3, -0.25) is 5.32 Å². The monoisotopic (exact) mass is 400 g/mol. The Morgan fingerprint density at radius 3 is 2.83 bits per heavy atom. The molecule has 3 heterocycles. The van der Waals surface area contributed by atoms with E-state index < -0.39 is 0 Å². The molecule has 0 aromatic carbocycles. The van der Waals surface area contributed by atoms with E-state index in [-0.39, 0.29) is 6.03 Å². The summed E-state index contributed by atoms with van der Waals surface area (Å²) in [6.45, 7) is 5.09. The molecule has 160 valence electrons. The van der Waals surface area contributed by atoms with Gasteiger partial charge in [-0.15, -0.1) is 0 Å². The summed E-state index contributed by atoms with van der Waals surface area (Å²) in [4.78, 5) is 18.8. The lowest BCUT2D eigenvalue weighted by atomic mass is 9.77. The predicted molar refractivity (Wildman–Crippen MR) is 115 cm³/mol. The maximum atomic E-state index is 11.6. The number of urea groups is 1. The number of pyridine rings is 1. The van der Waals surface area contributed by atoms with Gasteiger partial charge >= 0.3 is 6.03 Å². The second kappa shape index (κ2) is 10.3. The minimum absolute atomic E-state index is 0.193. The number of likely N-dealkylation sites (tertiary alicyclic amines) is 1. The van der Waals surface area contributed by atoms with Crippen LogP contribution in [0.25, 0.3) is 0 Å². The summed E-state index contributed by atoms with van der Waals surface area (Å²) in [7, 11) is 0. The number of aromatic nitrogens is 1. The summed E-state index contributed by atoms with van der Waals surface area (Å²) in [5.74, 6) is 3.15. The van der Waals surface area contributed by atoms with Crippen molar-refractivity contribution >= 4 is 11.8 Å². The molecular weight excluding hydrogens is 364 g/mol. The molecule has 0 bridgehead atoms. The lowest BCUT2D eigenvalue weighted by Gasteiger charge is -2.40. The van der Waals surface area contributed by atoms with Gasteiger partial charge in [0.2, 0.25) is 5.88 Å². The maximum absolute atomic E-state index is 11.6. The SMILES string of the molecule is O=C1NCCc2ccc(OCCCCN3CCC4CCCCCCC4C3)nc2N1. The number of nitrogens with one attached hydrogen (secondary N) is 2. The number of amides is 2. The Morgan fingerprint density at radius 2 is 1.93 bits per heavy atom. The molecule has 3 aliphatic rings. The molecule has 2 unspecified atom stereocenters. The molecule has 6 nitrogen and oxygen atoms in total. The largest absolute Gasteiger partial charge is 0.478 e. The van der Waals surface area contributed by atoms with E-state index in [0.717, 1.165) is 30.2 Å². The number of anilines is 1. The van der Waals surface area contributed by atoms with E-state index in [1.165, 1.54) is 71.0 Å². The molecule has 6 heteroatoms. The molecule has 1 saturated carbocycles. The third-order valence-electron chi connectivity index (χ3n) is 6.86. The minimum Gasteiger partial charge on any atom is -0.478 e. The zero-order chi connectivity index (χ0) is 19.9. The van der Waals surface area contributed by atoms with E-state index in [2.05, 4.69) is 20.5 Å². The van der Waals surface area contributed by atoms with Crippen LogP contribution in [0.2, 0.25) is 0 Å². The molecule has 1 aliphatic carbocycles. The van der Waals surface area contributed by atoms with Crippen LogP contribution < -0.4 is 15.4 Å². The predicted octanol–water partition coefficient (Wildman–Crippen LogP) is 4.21. The first-order valence-corrected chi connectivity index (χ1v) is 11.7. The number of nitrogens with zero attached hydrogens (tertiary/aromatic N) is 2. The van der Waals surface area contributed by atoms with Gasteiger partial charge in [-0.25, -0.2) is 4.79 Å². The fraction of sp³-hybridized carbons (Fsp3) is 0.739. The molecule has 2 aliphatic heterocycles. The number of ether oxygens (including phenoxy) is 1. The second-order valence-corrected chi connectivity index (χ2v) is 8.94. The van der Waals surface area contributed by atoms with E-state index in [4.69, 9.17) is 4.74 Å². The van der Waals surface area contributed by atoms with Crippen LogP contribution in [0.1, 0.15) is 63.4 Å². The number of piperidine rings is 1. The van der Waals surface area contributed by atoms with E-state index in [1.54, 1.807) is 0 Å². The molecule has 1 aromatic rings. The quantitative estimate of drug-likeness (QED) is 0.702. The van der Waals surface area contributed by atoms with Crippen LogP contribution in [-0.4, -0.2) is 48.7 Å². The molecule has 2 atom stereocenters. The van der Waals surface area contributed by atoms with Crippen LogP contribution in [0.4, 0.5) is 10.6 Å². The zero-order valence-corrected chi connectivity index (χ0v) is 17.6. The number of unbranched alkanes of at least 4 members (excludes halogenated alkanes) is 1. The summed E-state index contributed by atoms with van der Waals surface area (Å²) < 4.78 is 5.85. The number of carbonyl (C=O) groups excluding carboxylic acids is 1. The van der Waals surface area contributed by atoms with Gasteiger partial charge in [-0.2, -0.15) is 4.98 Å². The van der Waals surface area contributed by atoms with Crippen molar-refractivity contribution in [2.24, 2.45) is 11.8 Å². The van der Waals surface area contributed by atoms with E-state index >= 15 is 0 Å². The van der Waals surface area contributed by atoms with Gasteiger partial charge in [0.25, 0.3) is 0 Å². The first-order valence-electron chi connectivity index (χ1n) is 11.7. The van der Waals surface area contributed by atoms with Crippen LogP contribution in [0, 0.1) is 11.8 Å². The number of hydrogen-bond acceptors (Lipinski definition) is 4. The fourth-order valence-electron chi connectivity index (χ4n) is 5.17. The van der Waals surface area contributed by atoms with Crippen molar-refractivity contribution in [3.8, 4) is 5.88 Å². The Morgan fingerprint density at radius 1 is 1.07 bits per heavy atom. The van der Waals surface area contributed by atoms with Crippen LogP contribution in [0.5, 0.6) is 5.88 Å². The molecule has 0 radical (unpaired) electrons. The highest BCUT2D eigenvalue weighted by atomic mass is 16.5. The van der Waals surface area contributed by atoms with Crippen molar-refractivity contribution in [1.82, 2.24) is 15.2 Å². The maximum Gasteiger partial charge on any atom is 0.320 e. The van der Waals surface area contributed by atoms with Crippen molar-refractivity contribution in [3.05, 3.63) is 17.7 Å². The van der Waals surface area contributed by atoms with Gasteiger partial charge in [0.05, 0.1) is 6.61 Å². The van der Waals surface area contributed by atoms with E-state index in [1.807, 2.05) is 12.1 Å². The average Bonchev–Trinajstić information content (AvgIpc) is 2.88. The lowest BCUT2D eigenvalue weighted by Crippen LogP contribution is -2.41. The van der Waals surface area contributed by atoms with Crippen molar-refractivity contribution in [1.29, 1.82) is 0 Å². The number of fused-ring (bicyclic) bond motifs is 2. The van der Waals surface area contributed by atoms with Gasteiger partial charge in [-0.05, 0) is 68.7 Å². The first kappa shape index (κ1) is 20.5. The molecule has 1 aromatic heterocycles. The molecule has 29 heavy (non-hydrogen) atoms. The fourth-order valence-corrected chi connectivity index (χ4v) is 5.17. The smallest absolute Gasteiger partial charge is 0.320 e. The van der Waals surface area contributed by atoms with Crippen molar-refractivity contribution in [2.45, 2.75) is 64.2 Å². The molecule has 2 fully saturated rings. The number of rotatable bonds is 6. The zero-order valence-electron chi connectivity index (χ0n) is 17.6. The number of carbonyl (C=O) groups is 1. The Hall–Kier alpha value is -1.82. The number of hydrogen-bond donors (Lipinski definition) is 2. The highest BCUT2D eigenvalue weighted by Gasteiger charge is 2.29. The molecule has 2 amide bonds. The van der Waals surface area contributed by atoms with Crippen LogP contribution in [-0.2, 0) is 6.42 Å². The third-order valence-corrected chi connectivity index (χ3v) is 6.86. The topological polar surface area (TPSA) is 66.5 Å². The summed E-state index contributed by atoms with van der Waals surface area (Å²) in [6, 6.07) is 3.72. The summed E-state index contributed by atoms with van der Waals surface area (Å²) in [6.07, 6.45) is 13.1. The lowest BCUT2D eigenvalue weighted by molar-refractivity contribution is 0.0963. The Labute approximate surface area is 174 Å². The van der Waals surface area contributed by atoms with Gasteiger partial charge in [0.1, 0.15) is 5.82 Å². The Balaban J connectivity index is 1.16. The molecule has 2 N–H and O–H groups in total. The Bertz CT molecular complexity index is 681. The molecular formula is C23H36N4O2. The van der Waals surface area contributed by atoms with Crippen molar-refractivity contribution in [2.75, 3.05) is 38.1 Å². The van der Waals surface area contributed by atoms with Gasteiger partial charge in [0.15, 0.2) is 0 Å². The van der Waals surface area contributed by atoms with Gasteiger partial charge in [-0.1, -0.05) is 32.1 Å².